The van der Waals surface area contributed by atoms with Crippen LogP contribution in [0.5, 0.6) is 5.88 Å². The van der Waals surface area contributed by atoms with Crippen molar-refractivity contribution in [3.05, 3.63) is 24.4 Å². The number of nitrogens with one attached hydrogen (secondary N) is 1. The molecule has 4 heteroatoms. The van der Waals surface area contributed by atoms with E-state index in [1.54, 1.807) is 12.3 Å². The molecule has 0 saturated heterocycles. The van der Waals surface area contributed by atoms with E-state index in [0.717, 1.165) is 5.57 Å². The molecule has 1 rings (SSSR count). The van der Waals surface area contributed by atoms with Crippen LogP contribution >= 0.6 is 0 Å². The first-order chi connectivity index (χ1) is 6.72. The average Bonchev–Trinajstić information content (AvgIpc) is 2.16. The van der Waals surface area contributed by atoms with Crippen molar-refractivity contribution >= 4 is 5.95 Å². The van der Waals surface area contributed by atoms with Gasteiger partial charge in [0.1, 0.15) is 0 Å². The molecule has 0 atom stereocenters. The minimum Gasteiger partial charge on any atom is -0.478 e. The van der Waals surface area contributed by atoms with E-state index in [0.29, 0.717) is 25.0 Å². The van der Waals surface area contributed by atoms with Crippen molar-refractivity contribution in [2.45, 2.75) is 13.8 Å². The van der Waals surface area contributed by atoms with E-state index in [2.05, 4.69) is 21.9 Å². The van der Waals surface area contributed by atoms with E-state index >= 15 is 0 Å². The van der Waals surface area contributed by atoms with E-state index in [9.17, 15) is 0 Å². The molecule has 0 aliphatic rings. The van der Waals surface area contributed by atoms with Crippen LogP contribution in [0.2, 0.25) is 0 Å². The Hall–Kier alpha value is -1.58. The number of hydrogen-bond acceptors (Lipinski definition) is 4. The Morgan fingerprint density at radius 2 is 2.43 bits per heavy atom. The van der Waals surface area contributed by atoms with Crippen LogP contribution in [0.3, 0.4) is 0 Å². The first-order valence-corrected chi connectivity index (χ1v) is 4.56. The third-order valence-corrected chi connectivity index (χ3v) is 1.47. The minimum absolute atomic E-state index is 0.568. The number of rotatable bonds is 5. The molecule has 0 aromatic carbocycles. The van der Waals surface area contributed by atoms with Crippen LogP contribution in [0.1, 0.15) is 13.8 Å². The number of aromatic nitrogens is 2. The predicted molar refractivity (Wildman–Crippen MR) is 56.5 cm³/mol. The summed E-state index contributed by atoms with van der Waals surface area (Å²) in [5, 5.41) is 3.04. The largest absolute Gasteiger partial charge is 0.478 e. The molecule has 14 heavy (non-hydrogen) atoms. The van der Waals surface area contributed by atoms with Gasteiger partial charge in [0.05, 0.1) is 6.61 Å². The molecule has 0 saturated carbocycles. The molecular formula is C10H15N3O. The van der Waals surface area contributed by atoms with Gasteiger partial charge in [0.25, 0.3) is 0 Å². The second-order valence-electron chi connectivity index (χ2n) is 2.96. The summed E-state index contributed by atoms with van der Waals surface area (Å²) in [6.07, 6.45) is 1.67. The van der Waals surface area contributed by atoms with Crippen LogP contribution in [0, 0.1) is 0 Å². The Labute approximate surface area is 84.0 Å². The zero-order valence-electron chi connectivity index (χ0n) is 8.58. The fraction of sp³-hybridized carbons (Fsp3) is 0.400. The quantitative estimate of drug-likeness (QED) is 0.725. The van der Waals surface area contributed by atoms with Crippen molar-refractivity contribution < 1.29 is 4.74 Å². The maximum absolute atomic E-state index is 5.24. The van der Waals surface area contributed by atoms with E-state index in [1.807, 2.05) is 13.8 Å². The highest BCUT2D eigenvalue weighted by Gasteiger charge is 1.98. The van der Waals surface area contributed by atoms with Crippen LogP contribution in [0.4, 0.5) is 5.95 Å². The number of ether oxygens (including phenoxy) is 1. The van der Waals surface area contributed by atoms with Crippen molar-refractivity contribution in [1.29, 1.82) is 0 Å². The zero-order valence-corrected chi connectivity index (χ0v) is 8.58. The Morgan fingerprint density at radius 1 is 1.64 bits per heavy atom. The molecule has 4 nitrogen and oxygen atoms in total. The van der Waals surface area contributed by atoms with Crippen LogP contribution in [0.15, 0.2) is 24.4 Å². The molecule has 0 bridgehead atoms. The average molecular weight is 193 g/mol. The molecule has 0 aliphatic heterocycles. The highest BCUT2D eigenvalue weighted by Crippen LogP contribution is 2.07. The number of hydrogen-bond donors (Lipinski definition) is 1. The smallest absolute Gasteiger partial charge is 0.226 e. The van der Waals surface area contributed by atoms with Gasteiger partial charge in [0, 0.05) is 18.8 Å². The standard InChI is InChI=1S/C10H15N3O/c1-4-14-9-5-6-11-10(13-9)12-7-8(2)3/h5-6H,2,4,7H2,1,3H3,(H,11,12,13). The molecular weight excluding hydrogens is 178 g/mol. The van der Waals surface area contributed by atoms with E-state index in [4.69, 9.17) is 4.74 Å². The van der Waals surface area contributed by atoms with Crippen molar-refractivity contribution in [1.82, 2.24) is 9.97 Å². The molecule has 0 spiro atoms. The molecule has 1 N–H and O–H groups in total. The van der Waals surface area contributed by atoms with E-state index in [1.165, 1.54) is 0 Å². The maximum atomic E-state index is 5.24. The SMILES string of the molecule is C=C(C)CNc1nccc(OCC)n1. The minimum atomic E-state index is 0.568. The van der Waals surface area contributed by atoms with Gasteiger partial charge in [-0.1, -0.05) is 12.2 Å². The van der Waals surface area contributed by atoms with Gasteiger partial charge in [0.2, 0.25) is 11.8 Å². The van der Waals surface area contributed by atoms with Crippen molar-refractivity contribution in [2.75, 3.05) is 18.5 Å². The fourth-order valence-corrected chi connectivity index (χ4v) is 0.886. The topological polar surface area (TPSA) is 47.0 Å². The molecule has 0 radical (unpaired) electrons. The Morgan fingerprint density at radius 3 is 3.07 bits per heavy atom. The van der Waals surface area contributed by atoms with Crippen molar-refractivity contribution in [3.8, 4) is 5.88 Å². The lowest BCUT2D eigenvalue weighted by Gasteiger charge is -2.05. The molecule has 0 amide bonds. The molecule has 76 valence electrons. The third kappa shape index (κ3) is 3.43. The summed E-state index contributed by atoms with van der Waals surface area (Å²) in [6, 6.07) is 1.73. The highest BCUT2D eigenvalue weighted by molar-refractivity contribution is 5.29. The highest BCUT2D eigenvalue weighted by atomic mass is 16.5. The van der Waals surface area contributed by atoms with Gasteiger partial charge < -0.3 is 10.1 Å². The Balaban J connectivity index is 2.58. The van der Waals surface area contributed by atoms with Gasteiger partial charge in [-0.25, -0.2) is 4.98 Å². The van der Waals surface area contributed by atoms with Gasteiger partial charge in [-0.05, 0) is 13.8 Å². The second kappa shape index (κ2) is 5.21. The van der Waals surface area contributed by atoms with Crippen LogP contribution in [-0.2, 0) is 0 Å². The van der Waals surface area contributed by atoms with Gasteiger partial charge in [0.15, 0.2) is 0 Å². The summed E-state index contributed by atoms with van der Waals surface area (Å²) in [4.78, 5) is 8.20. The van der Waals surface area contributed by atoms with Gasteiger partial charge in [-0.2, -0.15) is 4.98 Å². The molecule has 0 fully saturated rings. The maximum Gasteiger partial charge on any atom is 0.226 e. The fourth-order valence-electron chi connectivity index (χ4n) is 0.886. The zero-order chi connectivity index (χ0) is 10.4. The summed E-state index contributed by atoms with van der Waals surface area (Å²) < 4.78 is 5.24. The Kier molecular flexibility index (Phi) is 3.91. The van der Waals surface area contributed by atoms with Crippen molar-refractivity contribution in [2.24, 2.45) is 0 Å². The third-order valence-electron chi connectivity index (χ3n) is 1.47. The van der Waals surface area contributed by atoms with E-state index < -0.39 is 0 Å². The summed E-state index contributed by atoms with van der Waals surface area (Å²) in [7, 11) is 0. The molecule has 1 aromatic rings. The summed E-state index contributed by atoms with van der Waals surface area (Å²) in [5.41, 5.74) is 1.04. The summed E-state index contributed by atoms with van der Waals surface area (Å²) in [6.45, 7) is 8.93. The monoisotopic (exact) mass is 193 g/mol. The van der Waals surface area contributed by atoms with E-state index in [-0.39, 0.29) is 0 Å². The van der Waals surface area contributed by atoms with Crippen LogP contribution in [-0.4, -0.2) is 23.1 Å². The lowest BCUT2D eigenvalue weighted by molar-refractivity contribution is 0.326. The van der Waals surface area contributed by atoms with Crippen LogP contribution in [0.25, 0.3) is 0 Å². The van der Waals surface area contributed by atoms with Crippen molar-refractivity contribution in [3.63, 3.8) is 0 Å². The first-order valence-electron chi connectivity index (χ1n) is 4.56. The van der Waals surface area contributed by atoms with Gasteiger partial charge >= 0.3 is 0 Å². The predicted octanol–water partition coefficient (Wildman–Crippen LogP) is 1.86. The second-order valence-corrected chi connectivity index (χ2v) is 2.96. The normalized spacial score (nSPS) is 9.57. The molecule has 0 unspecified atom stereocenters. The summed E-state index contributed by atoms with van der Waals surface area (Å²) >= 11 is 0. The number of anilines is 1. The molecule has 0 aliphatic carbocycles. The van der Waals surface area contributed by atoms with Crippen LogP contribution < -0.4 is 10.1 Å². The number of nitrogens with zero attached hydrogens (tertiary/aromatic N) is 2. The first kappa shape index (κ1) is 10.5. The van der Waals surface area contributed by atoms with Gasteiger partial charge in [-0.3, -0.25) is 0 Å². The Bertz CT molecular complexity index is 312. The molecule has 1 heterocycles. The van der Waals surface area contributed by atoms with Gasteiger partial charge in [-0.15, -0.1) is 0 Å². The summed E-state index contributed by atoms with van der Waals surface area (Å²) in [5.74, 6) is 1.16. The lowest BCUT2D eigenvalue weighted by Crippen LogP contribution is -2.06. The lowest BCUT2D eigenvalue weighted by atomic mass is 10.3. The molecule has 1 aromatic heterocycles.